The van der Waals surface area contributed by atoms with Crippen molar-refractivity contribution in [2.45, 2.75) is 24.9 Å². The first kappa shape index (κ1) is 12.3. The van der Waals surface area contributed by atoms with Crippen LogP contribution in [-0.4, -0.2) is 38.2 Å². The van der Waals surface area contributed by atoms with Crippen molar-refractivity contribution in [1.82, 2.24) is 9.88 Å². The van der Waals surface area contributed by atoms with Crippen LogP contribution in [0.15, 0.2) is 18.5 Å². The summed E-state index contributed by atoms with van der Waals surface area (Å²) in [5, 5.41) is 18.0. The number of amides is 1. The smallest absolute Gasteiger partial charge is 0.408 e. The van der Waals surface area contributed by atoms with Crippen LogP contribution in [-0.2, 0) is 4.79 Å². The van der Waals surface area contributed by atoms with Gasteiger partial charge in [0.1, 0.15) is 11.9 Å². The number of likely N-dealkylation sites (tertiary alicyclic amines) is 1. The van der Waals surface area contributed by atoms with Crippen LogP contribution in [0.4, 0.5) is 9.18 Å². The summed E-state index contributed by atoms with van der Waals surface area (Å²) in [4.78, 5) is 26.6. The quantitative estimate of drug-likeness (QED) is 0.834. The Morgan fingerprint density at radius 3 is 2.61 bits per heavy atom. The van der Waals surface area contributed by atoms with Crippen LogP contribution in [0.1, 0.15) is 24.4 Å². The molecule has 1 fully saturated rings. The first-order chi connectivity index (χ1) is 8.50. The van der Waals surface area contributed by atoms with Gasteiger partial charge in [0, 0.05) is 6.20 Å². The zero-order chi connectivity index (χ0) is 13.3. The number of hydrogen-bond acceptors (Lipinski definition) is 3. The molecule has 18 heavy (non-hydrogen) atoms. The van der Waals surface area contributed by atoms with E-state index in [9.17, 15) is 14.0 Å². The van der Waals surface area contributed by atoms with E-state index < -0.39 is 30.0 Å². The zero-order valence-corrected chi connectivity index (χ0v) is 9.28. The number of carboxylic acids is 1. The number of aromatic nitrogens is 1. The molecule has 2 atom stereocenters. The van der Waals surface area contributed by atoms with E-state index in [1.165, 1.54) is 12.3 Å². The molecule has 1 amide bonds. The van der Waals surface area contributed by atoms with Crippen LogP contribution in [0.5, 0.6) is 0 Å². The molecule has 0 aliphatic carbocycles. The van der Waals surface area contributed by atoms with Gasteiger partial charge in [0.05, 0.1) is 12.2 Å². The van der Waals surface area contributed by atoms with Gasteiger partial charge in [0.15, 0.2) is 0 Å². The second-order valence-corrected chi connectivity index (χ2v) is 4.07. The minimum atomic E-state index is -1.32. The molecule has 1 saturated heterocycles. The van der Waals surface area contributed by atoms with Crippen LogP contribution >= 0.6 is 0 Å². The molecule has 2 unspecified atom stereocenters. The Morgan fingerprint density at radius 2 is 2.06 bits per heavy atom. The molecule has 0 bridgehead atoms. The molecule has 0 saturated carbocycles. The van der Waals surface area contributed by atoms with Gasteiger partial charge in [-0.25, -0.2) is 14.0 Å². The SMILES string of the molecule is O=C(O)C1CCC(c2cncc(F)c2)N1C(=O)O. The first-order valence-electron chi connectivity index (χ1n) is 5.35. The molecule has 2 N–H and O–H groups in total. The maximum atomic E-state index is 13.1. The maximum absolute atomic E-state index is 13.1. The number of aliphatic carboxylic acids is 1. The summed E-state index contributed by atoms with van der Waals surface area (Å²) >= 11 is 0. The largest absolute Gasteiger partial charge is 0.480 e. The van der Waals surface area contributed by atoms with Crippen molar-refractivity contribution in [3.63, 3.8) is 0 Å². The van der Waals surface area contributed by atoms with E-state index in [2.05, 4.69) is 4.98 Å². The predicted molar refractivity (Wildman–Crippen MR) is 57.5 cm³/mol. The van der Waals surface area contributed by atoms with Crippen LogP contribution in [0, 0.1) is 5.82 Å². The van der Waals surface area contributed by atoms with E-state index >= 15 is 0 Å². The lowest BCUT2D eigenvalue weighted by atomic mass is 10.1. The number of hydrogen-bond donors (Lipinski definition) is 2. The van der Waals surface area contributed by atoms with E-state index in [1.807, 2.05) is 0 Å². The molecule has 1 aliphatic heterocycles. The fourth-order valence-electron chi connectivity index (χ4n) is 2.26. The third kappa shape index (κ3) is 2.11. The topological polar surface area (TPSA) is 90.7 Å². The van der Waals surface area contributed by atoms with E-state index in [0.717, 1.165) is 11.1 Å². The molecule has 2 heterocycles. The Kier molecular flexibility index (Phi) is 3.14. The fourth-order valence-corrected chi connectivity index (χ4v) is 2.26. The van der Waals surface area contributed by atoms with Crippen LogP contribution < -0.4 is 0 Å². The minimum absolute atomic E-state index is 0.211. The predicted octanol–water partition coefficient (Wildman–Crippen LogP) is 1.49. The van der Waals surface area contributed by atoms with Crippen molar-refractivity contribution >= 4 is 12.1 Å². The van der Waals surface area contributed by atoms with Gasteiger partial charge >= 0.3 is 12.1 Å². The van der Waals surface area contributed by atoms with Crippen molar-refractivity contribution in [2.75, 3.05) is 0 Å². The van der Waals surface area contributed by atoms with Gasteiger partial charge in [-0.15, -0.1) is 0 Å². The molecule has 96 valence electrons. The zero-order valence-electron chi connectivity index (χ0n) is 9.28. The molecular formula is C11H11FN2O4. The van der Waals surface area contributed by atoms with Gasteiger partial charge < -0.3 is 10.2 Å². The summed E-state index contributed by atoms with van der Waals surface area (Å²) in [6.45, 7) is 0. The number of carbonyl (C=O) groups is 2. The minimum Gasteiger partial charge on any atom is -0.480 e. The molecule has 2 rings (SSSR count). The lowest BCUT2D eigenvalue weighted by Gasteiger charge is -2.25. The average Bonchev–Trinajstić information content (AvgIpc) is 2.73. The molecule has 0 spiro atoms. The standard InChI is InChI=1S/C11H11FN2O4/c12-7-3-6(4-13-5-7)8-1-2-9(10(15)16)14(8)11(17)18/h3-5,8-9H,1-2H2,(H,15,16)(H,17,18). The molecule has 6 nitrogen and oxygen atoms in total. The van der Waals surface area contributed by atoms with Crippen molar-refractivity contribution in [3.05, 3.63) is 29.8 Å². The van der Waals surface area contributed by atoms with Crippen LogP contribution in [0.3, 0.4) is 0 Å². The monoisotopic (exact) mass is 254 g/mol. The third-order valence-electron chi connectivity index (χ3n) is 3.00. The number of pyridine rings is 1. The summed E-state index contributed by atoms with van der Waals surface area (Å²) < 4.78 is 13.1. The van der Waals surface area contributed by atoms with Crippen molar-refractivity contribution in [1.29, 1.82) is 0 Å². The normalized spacial score (nSPS) is 23.1. The van der Waals surface area contributed by atoms with E-state index in [-0.39, 0.29) is 6.42 Å². The highest BCUT2D eigenvalue weighted by Gasteiger charge is 2.42. The van der Waals surface area contributed by atoms with Crippen LogP contribution in [0.25, 0.3) is 0 Å². The maximum Gasteiger partial charge on any atom is 0.408 e. The molecule has 1 aromatic heterocycles. The van der Waals surface area contributed by atoms with Gasteiger partial charge in [-0.2, -0.15) is 0 Å². The Balaban J connectivity index is 2.33. The second kappa shape index (κ2) is 4.59. The summed E-state index contributed by atoms with van der Waals surface area (Å²) in [6, 6.07) is -0.569. The van der Waals surface area contributed by atoms with Gasteiger partial charge in [-0.3, -0.25) is 9.88 Å². The summed E-state index contributed by atoms with van der Waals surface area (Å²) in [5.41, 5.74) is 0.376. The lowest BCUT2D eigenvalue weighted by Crippen LogP contribution is -2.40. The number of carboxylic acid groups (broad SMARTS) is 2. The van der Waals surface area contributed by atoms with Crippen molar-refractivity contribution in [3.8, 4) is 0 Å². The highest BCUT2D eigenvalue weighted by molar-refractivity contribution is 5.80. The number of rotatable bonds is 2. The van der Waals surface area contributed by atoms with Gasteiger partial charge in [0.2, 0.25) is 0 Å². The van der Waals surface area contributed by atoms with Crippen LogP contribution in [0.2, 0.25) is 0 Å². The first-order valence-corrected chi connectivity index (χ1v) is 5.35. The lowest BCUT2D eigenvalue weighted by molar-refractivity contribution is -0.142. The van der Waals surface area contributed by atoms with Gasteiger partial charge in [0.25, 0.3) is 0 Å². The molecule has 1 aromatic rings. The fraction of sp³-hybridized carbons (Fsp3) is 0.364. The van der Waals surface area contributed by atoms with E-state index in [4.69, 9.17) is 10.2 Å². The van der Waals surface area contributed by atoms with Crippen molar-refractivity contribution < 1.29 is 24.2 Å². The van der Waals surface area contributed by atoms with Crippen molar-refractivity contribution in [2.24, 2.45) is 0 Å². The van der Waals surface area contributed by atoms with E-state index in [1.54, 1.807) is 0 Å². The molecule has 1 aliphatic rings. The molecule has 0 radical (unpaired) electrons. The molecular weight excluding hydrogens is 243 g/mol. The Morgan fingerprint density at radius 1 is 1.33 bits per heavy atom. The number of nitrogens with zero attached hydrogens (tertiary/aromatic N) is 2. The second-order valence-electron chi connectivity index (χ2n) is 4.07. The molecule has 0 aromatic carbocycles. The number of halogens is 1. The Hall–Kier alpha value is -2.18. The Labute approximate surface area is 102 Å². The third-order valence-corrected chi connectivity index (χ3v) is 3.00. The summed E-state index contributed by atoms with van der Waals surface area (Å²) in [7, 11) is 0. The summed E-state index contributed by atoms with van der Waals surface area (Å²) in [6.07, 6.45) is 1.60. The average molecular weight is 254 g/mol. The highest BCUT2D eigenvalue weighted by atomic mass is 19.1. The van der Waals surface area contributed by atoms with Gasteiger partial charge in [-0.1, -0.05) is 0 Å². The highest BCUT2D eigenvalue weighted by Crippen LogP contribution is 2.36. The van der Waals surface area contributed by atoms with E-state index in [0.29, 0.717) is 12.0 Å². The summed E-state index contributed by atoms with van der Waals surface area (Å²) in [5.74, 6) is -1.76. The molecule has 7 heteroatoms. The Bertz CT molecular complexity index is 494. The van der Waals surface area contributed by atoms with Gasteiger partial charge in [-0.05, 0) is 24.5 Å².